The molecule has 1 amide bonds. The molecule has 1 atom stereocenters. The monoisotopic (exact) mass is 324 g/mol. The van der Waals surface area contributed by atoms with E-state index in [0.717, 1.165) is 22.8 Å². The van der Waals surface area contributed by atoms with Crippen LogP contribution in [0.25, 0.3) is 0 Å². The van der Waals surface area contributed by atoms with E-state index in [1.807, 2.05) is 18.2 Å². The number of hydrogen-bond acceptors (Lipinski definition) is 5. The third kappa shape index (κ3) is 3.98. The van der Waals surface area contributed by atoms with Crippen molar-refractivity contribution in [3.05, 3.63) is 76.6 Å². The van der Waals surface area contributed by atoms with Gasteiger partial charge in [0.05, 0.1) is 11.7 Å². The first-order valence-corrected chi connectivity index (χ1v) is 8.10. The van der Waals surface area contributed by atoms with Crippen molar-refractivity contribution >= 4 is 17.4 Å². The van der Waals surface area contributed by atoms with Gasteiger partial charge in [-0.2, -0.15) is 0 Å². The molecule has 3 aromatic rings. The number of aryl methyl sites for hydroxylation is 1. The first-order valence-electron chi connectivity index (χ1n) is 7.27. The van der Waals surface area contributed by atoms with E-state index in [2.05, 4.69) is 51.1 Å². The Balaban J connectivity index is 1.82. The Morgan fingerprint density at radius 3 is 2.70 bits per heavy atom. The summed E-state index contributed by atoms with van der Waals surface area (Å²) in [5, 5.41) is 8.45. The number of rotatable bonds is 5. The van der Waals surface area contributed by atoms with E-state index in [4.69, 9.17) is 0 Å². The quantitative estimate of drug-likeness (QED) is 0.783. The van der Waals surface area contributed by atoms with Gasteiger partial charge >= 0.3 is 0 Å². The van der Waals surface area contributed by atoms with Crippen LogP contribution in [0.15, 0.2) is 54.0 Å². The SMILES string of the molecule is Cc1ccc(CC(NC(=O)c2csnn2)c2ccccn2)cc1. The van der Waals surface area contributed by atoms with Gasteiger partial charge in [0.15, 0.2) is 5.69 Å². The molecule has 0 radical (unpaired) electrons. The lowest BCUT2D eigenvalue weighted by Crippen LogP contribution is -2.30. The summed E-state index contributed by atoms with van der Waals surface area (Å²) >= 11 is 1.16. The molecule has 0 aliphatic rings. The average molecular weight is 324 g/mol. The highest BCUT2D eigenvalue weighted by Gasteiger charge is 2.18. The number of benzene rings is 1. The van der Waals surface area contributed by atoms with Crippen LogP contribution in [0.3, 0.4) is 0 Å². The molecule has 0 fully saturated rings. The number of aromatic nitrogens is 3. The second kappa shape index (κ2) is 7.11. The van der Waals surface area contributed by atoms with Gasteiger partial charge < -0.3 is 5.32 Å². The Labute approximate surface area is 138 Å². The van der Waals surface area contributed by atoms with Crippen molar-refractivity contribution in [2.75, 3.05) is 0 Å². The van der Waals surface area contributed by atoms with E-state index in [1.165, 1.54) is 5.56 Å². The Morgan fingerprint density at radius 1 is 1.22 bits per heavy atom. The molecule has 2 aromatic heterocycles. The van der Waals surface area contributed by atoms with Gasteiger partial charge in [-0.1, -0.05) is 40.4 Å². The standard InChI is InChI=1S/C17H16N4OS/c1-12-5-7-13(8-6-12)10-15(14-4-2-3-9-18-14)19-17(22)16-11-23-21-20-16/h2-9,11,15H,10H2,1H3,(H,19,22). The molecule has 1 unspecified atom stereocenters. The summed E-state index contributed by atoms with van der Waals surface area (Å²) in [6, 6.07) is 13.8. The predicted octanol–water partition coefficient (Wildman–Crippen LogP) is 2.96. The second-order valence-corrected chi connectivity index (χ2v) is 5.87. The molecule has 0 aliphatic carbocycles. The summed E-state index contributed by atoms with van der Waals surface area (Å²) in [5.41, 5.74) is 3.51. The van der Waals surface area contributed by atoms with Crippen LogP contribution in [-0.2, 0) is 6.42 Å². The first kappa shape index (κ1) is 15.3. The van der Waals surface area contributed by atoms with Crippen molar-refractivity contribution in [2.24, 2.45) is 0 Å². The van der Waals surface area contributed by atoms with Crippen LogP contribution in [-0.4, -0.2) is 20.5 Å². The van der Waals surface area contributed by atoms with Crippen molar-refractivity contribution in [1.29, 1.82) is 0 Å². The third-order valence-corrected chi connectivity index (χ3v) is 4.01. The second-order valence-electron chi connectivity index (χ2n) is 5.26. The molecule has 23 heavy (non-hydrogen) atoms. The van der Waals surface area contributed by atoms with Crippen molar-refractivity contribution < 1.29 is 4.79 Å². The van der Waals surface area contributed by atoms with Crippen LogP contribution in [0, 0.1) is 6.92 Å². The molecular weight excluding hydrogens is 308 g/mol. The number of amides is 1. The summed E-state index contributed by atoms with van der Waals surface area (Å²) in [5.74, 6) is -0.235. The smallest absolute Gasteiger partial charge is 0.273 e. The maximum absolute atomic E-state index is 12.3. The van der Waals surface area contributed by atoms with Crippen LogP contribution in [0.2, 0.25) is 0 Å². The molecule has 116 valence electrons. The van der Waals surface area contributed by atoms with E-state index < -0.39 is 0 Å². The normalized spacial score (nSPS) is 11.9. The molecule has 0 saturated carbocycles. The fourth-order valence-electron chi connectivity index (χ4n) is 2.27. The average Bonchev–Trinajstić information content (AvgIpc) is 3.12. The number of carbonyl (C=O) groups excluding carboxylic acids is 1. The summed E-state index contributed by atoms with van der Waals surface area (Å²) in [6.07, 6.45) is 2.40. The Kier molecular flexibility index (Phi) is 4.73. The lowest BCUT2D eigenvalue weighted by molar-refractivity contribution is 0.0930. The van der Waals surface area contributed by atoms with E-state index >= 15 is 0 Å². The number of carbonyl (C=O) groups is 1. The molecule has 2 heterocycles. The fourth-order valence-corrected chi connectivity index (χ4v) is 2.70. The topological polar surface area (TPSA) is 67.8 Å². The number of nitrogens with one attached hydrogen (secondary N) is 1. The zero-order valence-electron chi connectivity index (χ0n) is 12.6. The van der Waals surface area contributed by atoms with Gasteiger partial charge in [-0.05, 0) is 42.6 Å². The van der Waals surface area contributed by atoms with E-state index in [9.17, 15) is 4.79 Å². The van der Waals surface area contributed by atoms with Crippen LogP contribution >= 0.6 is 11.5 Å². The van der Waals surface area contributed by atoms with Crippen molar-refractivity contribution in [2.45, 2.75) is 19.4 Å². The lowest BCUT2D eigenvalue weighted by atomic mass is 10.0. The van der Waals surface area contributed by atoms with Crippen molar-refractivity contribution in [1.82, 2.24) is 19.9 Å². The molecule has 0 bridgehead atoms. The Morgan fingerprint density at radius 2 is 2.04 bits per heavy atom. The van der Waals surface area contributed by atoms with Crippen LogP contribution in [0.5, 0.6) is 0 Å². The third-order valence-electron chi connectivity index (χ3n) is 3.50. The van der Waals surface area contributed by atoms with Crippen molar-refractivity contribution in [3.63, 3.8) is 0 Å². The van der Waals surface area contributed by atoms with Gasteiger partial charge in [-0.25, -0.2) is 0 Å². The minimum absolute atomic E-state index is 0.215. The molecule has 1 aromatic carbocycles. The van der Waals surface area contributed by atoms with Crippen LogP contribution in [0.4, 0.5) is 0 Å². The van der Waals surface area contributed by atoms with E-state index in [-0.39, 0.29) is 11.9 Å². The number of pyridine rings is 1. The highest BCUT2D eigenvalue weighted by Crippen LogP contribution is 2.17. The first-order chi connectivity index (χ1) is 11.2. The lowest BCUT2D eigenvalue weighted by Gasteiger charge is -2.18. The molecular formula is C17H16N4OS. The maximum atomic E-state index is 12.3. The fraction of sp³-hybridized carbons (Fsp3) is 0.176. The van der Waals surface area contributed by atoms with Gasteiger partial charge in [0.1, 0.15) is 0 Å². The predicted molar refractivity (Wildman–Crippen MR) is 89.2 cm³/mol. The van der Waals surface area contributed by atoms with Crippen LogP contribution in [0.1, 0.15) is 33.4 Å². The molecule has 5 nitrogen and oxygen atoms in total. The summed E-state index contributed by atoms with van der Waals surface area (Å²) in [4.78, 5) is 16.7. The van der Waals surface area contributed by atoms with Gasteiger partial charge in [0, 0.05) is 11.6 Å². The highest BCUT2D eigenvalue weighted by atomic mass is 32.1. The minimum atomic E-state index is -0.235. The zero-order valence-corrected chi connectivity index (χ0v) is 13.5. The van der Waals surface area contributed by atoms with Gasteiger partial charge in [-0.3, -0.25) is 9.78 Å². The molecule has 6 heteroatoms. The maximum Gasteiger partial charge on any atom is 0.273 e. The Hall–Kier alpha value is -2.60. The highest BCUT2D eigenvalue weighted by molar-refractivity contribution is 7.03. The number of nitrogens with zero attached hydrogens (tertiary/aromatic N) is 3. The molecule has 3 rings (SSSR count). The van der Waals surface area contributed by atoms with E-state index in [1.54, 1.807) is 11.6 Å². The largest absolute Gasteiger partial charge is 0.342 e. The molecule has 1 N–H and O–H groups in total. The van der Waals surface area contributed by atoms with Crippen molar-refractivity contribution in [3.8, 4) is 0 Å². The van der Waals surface area contributed by atoms with Gasteiger partial charge in [0.25, 0.3) is 5.91 Å². The van der Waals surface area contributed by atoms with Crippen LogP contribution < -0.4 is 5.32 Å². The summed E-state index contributed by atoms with van der Waals surface area (Å²) in [6.45, 7) is 2.05. The van der Waals surface area contributed by atoms with E-state index in [0.29, 0.717) is 12.1 Å². The zero-order chi connectivity index (χ0) is 16.1. The minimum Gasteiger partial charge on any atom is -0.342 e. The number of hydrogen-bond donors (Lipinski definition) is 1. The molecule has 0 aliphatic heterocycles. The van der Waals surface area contributed by atoms with Gasteiger partial charge in [-0.15, -0.1) is 5.10 Å². The summed E-state index contributed by atoms with van der Waals surface area (Å²) < 4.78 is 3.73. The molecule has 0 spiro atoms. The van der Waals surface area contributed by atoms with Gasteiger partial charge in [0.2, 0.25) is 0 Å². The molecule has 0 saturated heterocycles. The Bertz CT molecular complexity index is 757. The summed E-state index contributed by atoms with van der Waals surface area (Å²) in [7, 11) is 0.